The molecule has 0 fully saturated rings. The molecule has 0 aromatic rings. The molecule has 2 heteroatoms. The van der Waals surface area contributed by atoms with Crippen molar-refractivity contribution >= 4 is 0 Å². The Hall–Kier alpha value is -0.500. The van der Waals surface area contributed by atoms with Crippen LogP contribution in [0, 0.1) is 0 Å². The number of allylic oxidation sites excluding steroid dienone is 1. The summed E-state index contributed by atoms with van der Waals surface area (Å²) in [6.45, 7) is 0.899. The molecule has 1 N–H and O–H groups in total. The first-order chi connectivity index (χ1) is 3.39. The fourth-order valence-corrected chi connectivity index (χ4v) is 0.656. The maximum Gasteiger partial charge on any atom is 0.0354 e. The summed E-state index contributed by atoms with van der Waals surface area (Å²) in [5.74, 6) is 7.02. The van der Waals surface area contributed by atoms with Crippen LogP contribution in [0.1, 0.15) is 12.8 Å². The van der Waals surface area contributed by atoms with Gasteiger partial charge in [0, 0.05) is 12.7 Å². The van der Waals surface area contributed by atoms with Gasteiger partial charge in [-0.1, -0.05) is 6.08 Å². The molecule has 7 heavy (non-hydrogen) atoms. The van der Waals surface area contributed by atoms with E-state index in [4.69, 9.17) is 5.84 Å². The van der Waals surface area contributed by atoms with Gasteiger partial charge in [0.1, 0.15) is 0 Å². The van der Waals surface area contributed by atoms with Gasteiger partial charge in [0.2, 0.25) is 0 Å². The third kappa shape index (κ3) is 1.20. The van der Waals surface area contributed by atoms with Crippen LogP contribution in [0.5, 0.6) is 0 Å². The first-order valence-electron chi connectivity index (χ1n) is 2.54. The molecule has 2 nitrogen and oxygen atoms in total. The highest BCUT2D eigenvalue weighted by Crippen LogP contribution is 2.00. The summed E-state index contributed by atoms with van der Waals surface area (Å²) in [7, 11) is 0. The Morgan fingerprint density at radius 3 is 2.71 bits per heavy atom. The van der Waals surface area contributed by atoms with E-state index in [9.17, 15) is 0 Å². The van der Waals surface area contributed by atoms with Crippen molar-refractivity contribution in [2.75, 3.05) is 6.54 Å². The SMILES string of the molecule is [NH]N1C=CCCC1. The van der Waals surface area contributed by atoms with Gasteiger partial charge >= 0.3 is 0 Å². The van der Waals surface area contributed by atoms with Crippen molar-refractivity contribution in [3.8, 4) is 0 Å². The highest BCUT2D eigenvalue weighted by molar-refractivity contribution is 4.84. The van der Waals surface area contributed by atoms with Crippen LogP contribution < -0.4 is 5.84 Å². The van der Waals surface area contributed by atoms with E-state index < -0.39 is 0 Å². The standard InChI is InChI=1S/C5H9N2/c6-7-4-2-1-3-5-7/h2,4,6H,1,3,5H2. The van der Waals surface area contributed by atoms with Crippen LogP contribution in [0.3, 0.4) is 0 Å². The average Bonchev–Trinajstić information content (AvgIpc) is 1.69. The average molecular weight is 97.1 g/mol. The highest BCUT2D eigenvalue weighted by Gasteiger charge is 1.95. The summed E-state index contributed by atoms with van der Waals surface area (Å²) in [5, 5.41) is 1.46. The van der Waals surface area contributed by atoms with E-state index in [1.807, 2.05) is 12.3 Å². The number of nitrogens with one attached hydrogen (secondary N) is 1. The van der Waals surface area contributed by atoms with E-state index in [2.05, 4.69) is 0 Å². The van der Waals surface area contributed by atoms with Gasteiger partial charge < -0.3 is 5.01 Å². The predicted octanol–water partition coefficient (Wildman–Crippen LogP) is 0.794. The lowest BCUT2D eigenvalue weighted by Gasteiger charge is -2.14. The van der Waals surface area contributed by atoms with Crippen molar-refractivity contribution in [3.05, 3.63) is 12.3 Å². The zero-order valence-electron chi connectivity index (χ0n) is 4.22. The first-order valence-corrected chi connectivity index (χ1v) is 2.54. The third-order valence-electron chi connectivity index (χ3n) is 1.06. The molecule has 1 heterocycles. The summed E-state index contributed by atoms with van der Waals surface area (Å²) in [5.41, 5.74) is 0. The smallest absolute Gasteiger partial charge is 0.0354 e. The normalized spacial score (nSPS) is 20.4. The number of nitrogens with zero attached hydrogens (tertiary/aromatic N) is 1. The maximum atomic E-state index is 7.02. The minimum absolute atomic E-state index is 0.899. The van der Waals surface area contributed by atoms with Gasteiger partial charge in [0.05, 0.1) is 0 Å². The Morgan fingerprint density at radius 1 is 1.57 bits per heavy atom. The lowest BCUT2D eigenvalue weighted by Crippen LogP contribution is -2.17. The van der Waals surface area contributed by atoms with E-state index in [-0.39, 0.29) is 0 Å². The van der Waals surface area contributed by atoms with Crippen LogP contribution in [-0.2, 0) is 0 Å². The van der Waals surface area contributed by atoms with Crippen LogP contribution >= 0.6 is 0 Å². The number of rotatable bonds is 0. The van der Waals surface area contributed by atoms with Crippen molar-refractivity contribution in [2.45, 2.75) is 12.8 Å². The van der Waals surface area contributed by atoms with Crippen molar-refractivity contribution in [3.63, 3.8) is 0 Å². The Kier molecular flexibility index (Phi) is 1.32. The van der Waals surface area contributed by atoms with Crippen LogP contribution in [0.15, 0.2) is 12.3 Å². The van der Waals surface area contributed by atoms with E-state index in [1.165, 1.54) is 5.01 Å². The molecule has 0 atom stereocenters. The summed E-state index contributed by atoms with van der Waals surface area (Å²) < 4.78 is 0. The molecule has 0 amide bonds. The molecule has 0 aromatic carbocycles. The zero-order chi connectivity index (χ0) is 5.11. The van der Waals surface area contributed by atoms with Gasteiger partial charge in [-0.15, -0.1) is 0 Å². The predicted molar refractivity (Wildman–Crippen MR) is 28.2 cm³/mol. The van der Waals surface area contributed by atoms with Gasteiger partial charge in [-0.05, 0) is 12.8 Å². The minimum Gasteiger partial charge on any atom is -0.301 e. The van der Waals surface area contributed by atoms with Gasteiger partial charge in [0.15, 0.2) is 0 Å². The Bertz CT molecular complexity index is 78.1. The molecule has 0 aliphatic carbocycles. The van der Waals surface area contributed by atoms with E-state index in [0.29, 0.717) is 0 Å². The molecule has 1 radical (unpaired) electrons. The summed E-state index contributed by atoms with van der Waals surface area (Å²) in [4.78, 5) is 0. The van der Waals surface area contributed by atoms with Gasteiger partial charge in [-0.3, -0.25) is 0 Å². The molecule has 39 valence electrons. The molecule has 0 saturated carbocycles. The van der Waals surface area contributed by atoms with Gasteiger partial charge in [-0.25, -0.2) is 0 Å². The lowest BCUT2D eigenvalue weighted by atomic mass is 10.2. The van der Waals surface area contributed by atoms with Crippen molar-refractivity contribution < 1.29 is 0 Å². The second-order valence-corrected chi connectivity index (χ2v) is 1.72. The Balaban J connectivity index is 2.36. The fraction of sp³-hybridized carbons (Fsp3) is 0.600. The molecule has 0 bridgehead atoms. The third-order valence-corrected chi connectivity index (χ3v) is 1.06. The maximum absolute atomic E-state index is 7.02. The molecular weight excluding hydrogens is 88.1 g/mol. The largest absolute Gasteiger partial charge is 0.301 e. The Labute approximate surface area is 43.6 Å². The minimum atomic E-state index is 0.899. The first kappa shape index (κ1) is 4.65. The molecular formula is C5H9N2. The zero-order valence-corrected chi connectivity index (χ0v) is 4.22. The van der Waals surface area contributed by atoms with Crippen LogP contribution in [0.4, 0.5) is 0 Å². The van der Waals surface area contributed by atoms with E-state index in [1.54, 1.807) is 0 Å². The monoisotopic (exact) mass is 97.1 g/mol. The molecule has 0 saturated heterocycles. The lowest BCUT2D eigenvalue weighted by molar-refractivity contribution is 0.351. The topological polar surface area (TPSA) is 27.0 Å². The molecule has 1 aliphatic heterocycles. The summed E-state index contributed by atoms with van der Waals surface area (Å²) in [6.07, 6.45) is 6.12. The molecule has 0 unspecified atom stereocenters. The van der Waals surface area contributed by atoms with Crippen LogP contribution in [0.2, 0.25) is 0 Å². The number of hydrogen-bond acceptors (Lipinski definition) is 1. The number of hydrogen-bond donors (Lipinski definition) is 0. The molecule has 1 rings (SSSR count). The summed E-state index contributed by atoms with van der Waals surface area (Å²) in [6, 6.07) is 0. The van der Waals surface area contributed by atoms with Gasteiger partial charge in [-0.2, -0.15) is 5.84 Å². The van der Waals surface area contributed by atoms with Gasteiger partial charge in [0.25, 0.3) is 0 Å². The van der Waals surface area contributed by atoms with Crippen molar-refractivity contribution in [2.24, 2.45) is 0 Å². The van der Waals surface area contributed by atoms with Crippen molar-refractivity contribution in [1.29, 1.82) is 0 Å². The second kappa shape index (κ2) is 1.98. The van der Waals surface area contributed by atoms with E-state index in [0.717, 1.165) is 19.4 Å². The van der Waals surface area contributed by atoms with Crippen molar-refractivity contribution in [1.82, 2.24) is 10.9 Å². The molecule has 1 aliphatic rings. The van der Waals surface area contributed by atoms with Crippen LogP contribution in [0.25, 0.3) is 0 Å². The fourth-order valence-electron chi connectivity index (χ4n) is 0.656. The second-order valence-electron chi connectivity index (χ2n) is 1.72. The quantitative estimate of drug-likeness (QED) is 0.439. The van der Waals surface area contributed by atoms with Crippen LogP contribution in [-0.4, -0.2) is 11.6 Å². The Morgan fingerprint density at radius 2 is 2.43 bits per heavy atom. The highest BCUT2D eigenvalue weighted by atomic mass is 15.4. The molecule has 0 spiro atoms. The van der Waals surface area contributed by atoms with E-state index >= 15 is 0 Å². The molecule has 0 aromatic heterocycles. The summed E-state index contributed by atoms with van der Waals surface area (Å²) >= 11 is 0.